The Morgan fingerprint density at radius 3 is 2.42 bits per heavy atom. The second kappa shape index (κ2) is 7.45. The number of rotatable bonds is 6. The molecule has 2 aromatic rings. The summed E-state index contributed by atoms with van der Waals surface area (Å²) in [5.74, 6) is 2.17. The highest BCUT2D eigenvalue weighted by Gasteiger charge is 2.26. The van der Waals surface area contributed by atoms with E-state index < -0.39 is 0 Å². The average Bonchev–Trinajstić information content (AvgIpc) is 3.01. The molecule has 1 saturated heterocycles. The van der Waals surface area contributed by atoms with Gasteiger partial charge in [-0.2, -0.15) is 0 Å². The van der Waals surface area contributed by atoms with Crippen LogP contribution in [0.5, 0.6) is 0 Å². The minimum atomic E-state index is 0.529. The zero-order valence-corrected chi connectivity index (χ0v) is 14.2. The van der Waals surface area contributed by atoms with Crippen molar-refractivity contribution in [3.8, 4) is 0 Å². The molecule has 1 aromatic heterocycles. The molecule has 0 radical (unpaired) electrons. The van der Waals surface area contributed by atoms with E-state index in [0.29, 0.717) is 5.92 Å². The van der Waals surface area contributed by atoms with Gasteiger partial charge in [0.15, 0.2) is 0 Å². The van der Waals surface area contributed by atoms with Crippen LogP contribution in [0.4, 0.5) is 0 Å². The third-order valence-corrected chi connectivity index (χ3v) is 5.32. The predicted molar refractivity (Wildman–Crippen MR) is 92.8 cm³/mol. The molecule has 0 unspecified atom stereocenters. The smallest absolute Gasteiger partial charge is 0.230 e. The molecular formula is C19H26N4O. The molecule has 5 nitrogen and oxygen atoms in total. The Morgan fingerprint density at radius 2 is 1.71 bits per heavy atom. The summed E-state index contributed by atoms with van der Waals surface area (Å²) >= 11 is 0. The van der Waals surface area contributed by atoms with Crippen molar-refractivity contribution in [2.75, 3.05) is 32.7 Å². The fourth-order valence-corrected chi connectivity index (χ4v) is 3.44. The van der Waals surface area contributed by atoms with Crippen molar-refractivity contribution in [3.05, 3.63) is 47.7 Å². The molecule has 2 heterocycles. The monoisotopic (exact) mass is 326 g/mol. The van der Waals surface area contributed by atoms with Gasteiger partial charge >= 0.3 is 0 Å². The van der Waals surface area contributed by atoms with Gasteiger partial charge in [-0.3, -0.25) is 4.90 Å². The molecule has 0 N–H and O–H groups in total. The van der Waals surface area contributed by atoms with Gasteiger partial charge in [0.05, 0.1) is 6.54 Å². The van der Waals surface area contributed by atoms with Crippen LogP contribution in [-0.2, 0) is 13.0 Å². The molecule has 1 aliphatic heterocycles. The number of piperazine rings is 1. The van der Waals surface area contributed by atoms with Gasteiger partial charge in [0.1, 0.15) is 0 Å². The zero-order chi connectivity index (χ0) is 16.2. The molecule has 0 amide bonds. The van der Waals surface area contributed by atoms with Crippen LogP contribution in [0.25, 0.3) is 0 Å². The first-order valence-electron chi connectivity index (χ1n) is 9.18. The Morgan fingerprint density at radius 1 is 0.958 bits per heavy atom. The van der Waals surface area contributed by atoms with E-state index in [1.165, 1.54) is 24.8 Å². The van der Waals surface area contributed by atoms with Gasteiger partial charge in [0, 0.05) is 38.6 Å². The average molecular weight is 326 g/mol. The minimum Gasteiger partial charge on any atom is -0.424 e. The van der Waals surface area contributed by atoms with E-state index in [0.717, 1.165) is 57.5 Å². The summed E-state index contributed by atoms with van der Waals surface area (Å²) in [5, 5.41) is 8.46. The SMILES string of the molecule is c1ccc(CCN2CCN(Cc3nnc(C4CCC4)o3)CC2)cc1. The van der Waals surface area contributed by atoms with E-state index in [-0.39, 0.29) is 0 Å². The maximum atomic E-state index is 5.84. The summed E-state index contributed by atoms with van der Waals surface area (Å²) in [7, 11) is 0. The van der Waals surface area contributed by atoms with Crippen LogP contribution in [0.2, 0.25) is 0 Å². The van der Waals surface area contributed by atoms with Crippen molar-refractivity contribution >= 4 is 0 Å². The number of benzene rings is 1. The summed E-state index contributed by atoms with van der Waals surface area (Å²) in [6, 6.07) is 10.7. The molecular weight excluding hydrogens is 300 g/mol. The molecule has 24 heavy (non-hydrogen) atoms. The predicted octanol–water partition coefficient (Wildman–Crippen LogP) is 2.70. The van der Waals surface area contributed by atoms with Crippen LogP contribution >= 0.6 is 0 Å². The maximum absolute atomic E-state index is 5.84. The van der Waals surface area contributed by atoms with Crippen molar-refractivity contribution in [1.29, 1.82) is 0 Å². The molecule has 2 fully saturated rings. The molecule has 0 spiro atoms. The molecule has 0 atom stereocenters. The Labute approximate surface area is 143 Å². The first-order chi connectivity index (χ1) is 11.9. The molecule has 4 rings (SSSR count). The number of aromatic nitrogens is 2. The lowest BCUT2D eigenvalue weighted by molar-refractivity contribution is 0.119. The normalized spacial score (nSPS) is 20.2. The number of hydrogen-bond donors (Lipinski definition) is 0. The van der Waals surface area contributed by atoms with Gasteiger partial charge in [0.25, 0.3) is 0 Å². The maximum Gasteiger partial charge on any atom is 0.230 e. The standard InChI is InChI=1S/C19H26N4O/c1-2-5-16(6-3-1)9-10-22-11-13-23(14-12-22)15-18-20-21-19(24-18)17-7-4-8-17/h1-3,5-6,17H,4,7-15H2. The second-order valence-electron chi connectivity index (χ2n) is 7.02. The Kier molecular flexibility index (Phi) is 4.90. The topological polar surface area (TPSA) is 45.4 Å². The lowest BCUT2D eigenvalue weighted by atomic mass is 9.85. The highest BCUT2D eigenvalue weighted by molar-refractivity contribution is 5.14. The van der Waals surface area contributed by atoms with E-state index in [1.54, 1.807) is 0 Å². The Balaban J connectivity index is 1.20. The number of nitrogens with zero attached hydrogens (tertiary/aromatic N) is 4. The summed E-state index contributed by atoms with van der Waals surface area (Å²) < 4.78 is 5.84. The van der Waals surface area contributed by atoms with Gasteiger partial charge in [-0.25, -0.2) is 0 Å². The fourth-order valence-electron chi connectivity index (χ4n) is 3.44. The third-order valence-electron chi connectivity index (χ3n) is 5.32. The van der Waals surface area contributed by atoms with Crippen molar-refractivity contribution in [2.24, 2.45) is 0 Å². The van der Waals surface area contributed by atoms with E-state index in [9.17, 15) is 0 Å². The zero-order valence-electron chi connectivity index (χ0n) is 14.2. The lowest BCUT2D eigenvalue weighted by Crippen LogP contribution is -2.46. The fraction of sp³-hybridized carbons (Fsp3) is 0.579. The van der Waals surface area contributed by atoms with Crippen molar-refractivity contribution in [1.82, 2.24) is 20.0 Å². The first-order valence-corrected chi connectivity index (χ1v) is 9.18. The summed E-state index contributed by atoms with van der Waals surface area (Å²) in [6.45, 7) is 6.34. The number of hydrogen-bond acceptors (Lipinski definition) is 5. The van der Waals surface area contributed by atoms with E-state index in [1.807, 2.05) is 0 Å². The Hall–Kier alpha value is -1.72. The summed E-state index contributed by atoms with van der Waals surface area (Å²) in [6.07, 6.45) is 4.85. The van der Waals surface area contributed by atoms with E-state index in [2.05, 4.69) is 50.3 Å². The van der Waals surface area contributed by atoms with Gasteiger partial charge in [0.2, 0.25) is 11.8 Å². The molecule has 1 aromatic carbocycles. The molecule has 0 bridgehead atoms. The highest BCUT2D eigenvalue weighted by atomic mass is 16.4. The van der Waals surface area contributed by atoms with Gasteiger partial charge in [-0.15, -0.1) is 10.2 Å². The third kappa shape index (κ3) is 3.84. The summed E-state index contributed by atoms with van der Waals surface area (Å²) in [5.41, 5.74) is 1.43. The van der Waals surface area contributed by atoms with Crippen LogP contribution in [0.1, 0.15) is 42.5 Å². The van der Waals surface area contributed by atoms with Crippen molar-refractivity contribution in [2.45, 2.75) is 38.1 Å². The lowest BCUT2D eigenvalue weighted by Gasteiger charge is -2.33. The van der Waals surface area contributed by atoms with Crippen LogP contribution < -0.4 is 0 Å². The molecule has 1 aliphatic carbocycles. The van der Waals surface area contributed by atoms with Gasteiger partial charge in [-0.1, -0.05) is 36.8 Å². The Bertz CT molecular complexity index is 630. The van der Waals surface area contributed by atoms with Crippen LogP contribution in [0.15, 0.2) is 34.7 Å². The van der Waals surface area contributed by atoms with Gasteiger partial charge < -0.3 is 9.32 Å². The molecule has 1 saturated carbocycles. The van der Waals surface area contributed by atoms with Crippen LogP contribution in [0.3, 0.4) is 0 Å². The van der Waals surface area contributed by atoms with Crippen LogP contribution in [0, 0.1) is 0 Å². The second-order valence-corrected chi connectivity index (χ2v) is 7.02. The molecule has 2 aliphatic rings. The largest absolute Gasteiger partial charge is 0.424 e. The quantitative estimate of drug-likeness (QED) is 0.817. The van der Waals surface area contributed by atoms with E-state index >= 15 is 0 Å². The van der Waals surface area contributed by atoms with Gasteiger partial charge in [-0.05, 0) is 24.8 Å². The molecule has 5 heteroatoms. The van der Waals surface area contributed by atoms with E-state index in [4.69, 9.17) is 4.42 Å². The van der Waals surface area contributed by atoms with Crippen molar-refractivity contribution in [3.63, 3.8) is 0 Å². The highest BCUT2D eigenvalue weighted by Crippen LogP contribution is 2.35. The van der Waals surface area contributed by atoms with Crippen molar-refractivity contribution < 1.29 is 4.42 Å². The first kappa shape index (κ1) is 15.8. The molecule has 128 valence electrons. The van der Waals surface area contributed by atoms with Crippen LogP contribution in [-0.4, -0.2) is 52.7 Å². The summed E-state index contributed by atoms with van der Waals surface area (Å²) in [4.78, 5) is 4.98. The minimum absolute atomic E-state index is 0.529.